The summed E-state index contributed by atoms with van der Waals surface area (Å²) in [5.74, 6) is -31.7. The second kappa shape index (κ2) is 6.75. The van der Waals surface area contributed by atoms with E-state index in [1.54, 1.807) is 0 Å². The molecule has 0 aliphatic carbocycles. The number of halogens is 15. The van der Waals surface area contributed by atoms with Gasteiger partial charge in [0.2, 0.25) is 0 Å². The van der Waals surface area contributed by atoms with Crippen molar-refractivity contribution in [3.05, 3.63) is 0 Å². The van der Waals surface area contributed by atoms with E-state index in [1.807, 2.05) is 0 Å². The first-order chi connectivity index (χ1) is 9.98. The van der Waals surface area contributed by atoms with Gasteiger partial charge in [0.25, 0.3) is 0 Å². The molecule has 1 atom stereocenters. The molecule has 0 aromatic rings. The Morgan fingerprint density at radius 3 is 0.708 bits per heavy atom. The van der Waals surface area contributed by atoms with Crippen molar-refractivity contribution in [1.82, 2.24) is 0 Å². The van der Waals surface area contributed by atoms with Crippen molar-refractivity contribution in [1.29, 1.82) is 0 Å². The smallest absolute Gasteiger partial charge is 0.460 e. The van der Waals surface area contributed by atoms with Crippen molar-refractivity contribution in [2.75, 3.05) is 0 Å². The Kier molecular flexibility index (Phi) is 7.12. The summed E-state index contributed by atoms with van der Waals surface area (Å²) in [5.41, 5.74) is 0. The van der Waals surface area contributed by atoms with Crippen LogP contribution in [0.25, 0.3) is 0 Å². The molecule has 0 saturated heterocycles. The predicted octanol–water partition coefficient (Wildman–Crippen LogP) is 4.40. The third kappa shape index (κ3) is 4.37. The van der Waals surface area contributed by atoms with Crippen LogP contribution in [0, 0.1) is 0 Å². The van der Waals surface area contributed by atoms with Crippen molar-refractivity contribution in [2.24, 2.45) is 0 Å². The highest BCUT2D eigenvalue weighted by Gasteiger charge is 2.91. The van der Waals surface area contributed by atoms with Gasteiger partial charge in [-0.2, -0.15) is 61.5 Å². The molecule has 0 aliphatic rings. The number of alkyl halides is 14. The molecular formula is C6F15O2S-. The van der Waals surface area contributed by atoms with E-state index >= 15 is 0 Å². The molecule has 0 bridgehead atoms. The zero-order chi connectivity index (χ0) is 20.6. The van der Waals surface area contributed by atoms with E-state index in [1.165, 1.54) is 0 Å². The van der Waals surface area contributed by atoms with Crippen molar-refractivity contribution in [3.63, 3.8) is 0 Å². The van der Waals surface area contributed by atoms with Crippen molar-refractivity contribution in [3.8, 4) is 0 Å². The second-order valence-corrected chi connectivity index (χ2v) is 3.88. The minimum atomic E-state index is -8.04. The van der Waals surface area contributed by atoms with Crippen LogP contribution >= 0.6 is 0 Å². The van der Waals surface area contributed by atoms with E-state index in [-0.39, 0.29) is 0 Å². The molecule has 0 N–H and O–H groups in total. The molecule has 0 aromatic carbocycles. The lowest BCUT2D eigenvalue weighted by atomic mass is 9.98. The van der Waals surface area contributed by atoms with Gasteiger partial charge in [0.05, 0.1) is 0 Å². The summed E-state index contributed by atoms with van der Waals surface area (Å²) < 4.78 is 193. The van der Waals surface area contributed by atoms with Crippen molar-refractivity contribution < 1.29 is 74.1 Å². The molecule has 0 aliphatic heterocycles. The standard InChI is InChI=1S/C6F14.FHO2S/c7-1(8,3(11,12)5(15,16)17)2(9,10)4(13,14)6(18,19)20;1-4(2)3/h;(H,2,3)/p-1. The normalized spacial score (nSPS) is 16.3. The molecule has 0 amide bonds. The summed E-state index contributed by atoms with van der Waals surface area (Å²) in [4.78, 5) is 0. The van der Waals surface area contributed by atoms with Crippen LogP contribution in [0.1, 0.15) is 0 Å². The predicted molar refractivity (Wildman–Crippen MR) is 41.9 cm³/mol. The molecule has 0 aromatic heterocycles. The fourth-order valence-electron chi connectivity index (χ4n) is 0.750. The topological polar surface area (TPSA) is 40.1 Å². The van der Waals surface area contributed by atoms with Crippen LogP contribution in [-0.4, -0.2) is 44.8 Å². The summed E-state index contributed by atoms with van der Waals surface area (Å²) in [6, 6.07) is 0. The summed E-state index contributed by atoms with van der Waals surface area (Å²) >= 11 is -3.36. The zero-order valence-electron chi connectivity index (χ0n) is 9.89. The Bertz CT molecular complexity index is 408. The van der Waals surface area contributed by atoms with Gasteiger partial charge in [-0.05, 0) is 0 Å². The van der Waals surface area contributed by atoms with Gasteiger partial charge in [-0.25, -0.2) is 4.21 Å². The van der Waals surface area contributed by atoms with Crippen LogP contribution in [0.5, 0.6) is 0 Å². The van der Waals surface area contributed by atoms with Crippen LogP contribution in [0.3, 0.4) is 0 Å². The van der Waals surface area contributed by atoms with Crippen LogP contribution in [0.4, 0.5) is 65.4 Å². The Morgan fingerprint density at radius 2 is 0.625 bits per heavy atom. The molecule has 0 radical (unpaired) electrons. The van der Waals surface area contributed by atoms with Gasteiger partial charge in [0.15, 0.2) is 0 Å². The monoisotopic (exact) mass is 421 g/mol. The van der Waals surface area contributed by atoms with Gasteiger partial charge in [0, 0.05) is 0 Å². The maximum atomic E-state index is 12.3. The fourth-order valence-corrected chi connectivity index (χ4v) is 0.750. The first kappa shape index (κ1) is 25.3. The van der Waals surface area contributed by atoms with Gasteiger partial charge >= 0.3 is 36.0 Å². The van der Waals surface area contributed by atoms with E-state index in [0.29, 0.717) is 0 Å². The lowest BCUT2D eigenvalue weighted by Gasteiger charge is -2.37. The number of hydrogen-bond donors (Lipinski definition) is 0. The average Bonchev–Trinajstić information content (AvgIpc) is 2.23. The maximum absolute atomic E-state index is 12.3. The first-order valence-electron chi connectivity index (χ1n) is 4.38. The largest absolute Gasteiger partial charge is 0.746 e. The van der Waals surface area contributed by atoms with E-state index < -0.39 is 47.5 Å². The molecule has 24 heavy (non-hydrogen) atoms. The van der Waals surface area contributed by atoms with E-state index in [9.17, 15) is 65.4 Å². The van der Waals surface area contributed by atoms with Crippen LogP contribution in [0.2, 0.25) is 0 Å². The molecular weight excluding hydrogens is 421 g/mol. The molecule has 0 rings (SSSR count). The summed E-state index contributed by atoms with van der Waals surface area (Å²) in [5, 5.41) is 0. The average molecular weight is 421 g/mol. The highest BCUT2D eigenvalue weighted by atomic mass is 32.2. The molecule has 148 valence electrons. The minimum Gasteiger partial charge on any atom is -0.746 e. The van der Waals surface area contributed by atoms with Crippen molar-refractivity contribution in [2.45, 2.75) is 36.0 Å². The summed E-state index contributed by atoms with van der Waals surface area (Å²) in [6.45, 7) is 0. The molecule has 0 fully saturated rings. The highest BCUT2D eigenvalue weighted by Crippen LogP contribution is 2.60. The van der Waals surface area contributed by atoms with Crippen molar-refractivity contribution >= 4 is 11.5 Å². The molecule has 0 heterocycles. The maximum Gasteiger partial charge on any atom is 0.460 e. The molecule has 2 nitrogen and oxygen atoms in total. The number of hydrogen-bond acceptors (Lipinski definition) is 2. The Balaban J connectivity index is 0. The minimum absolute atomic E-state index is 3.36. The SMILES string of the molecule is FC(F)(F)C(F)(F)C(F)(F)C(F)(F)C(F)(F)C(F)(F)F.O=S([O-])F. The van der Waals surface area contributed by atoms with Gasteiger partial charge in [-0.1, -0.05) is 0 Å². The van der Waals surface area contributed by atoms with E-state index in [4.69, 9.17) is 8.76 Å². The summed E-state index contributed by atoms with van der Waals surface area (Å²) in [6.07, 6.45) is -15.0. The van der Waals surface area contributed by atoms with Crippen LogP contribution < -0.4 is 0 Å². The van der Waals surface area contributed by atoms with Gasteiger partial charge in [0.1, 0.15) is 11.5 Å². The third-order valence-electron chi connectivity index (χ3n) is 1.90. The molecule has 18 heteroatoms. The van der Waals surface area contributed by atoms with E-state index in [0.717, 1.165) is 0 Å². The molecule has 0 saturated carbocycles. The number of rotatable bonds is 3. The molecule has 1 unspecified atom stereocenters. The lowest BCUT2D eigenvalue weighted by molar-refractivity contribution is -0.451. The van der Waals surface area contributed by atoms with Gasteiger partial charge in [-0.3, -0.25) is 0 Å². The fraction of sp³-hybridized carbons (Fsp3) is 1.00. The first-order valence-corrected chi connectivity index (χ1v) is 5.36. The lowest BCUT2D eigenvalue weighted by Crippen LogP contribution is -2.69. The Hall–Kier alpha value is -0.940. The molecule has 0 spiro atoms. The Morgan fingerprint density at radius 1 is 0.500 bits per heavy atom. The summed E-state index contributed by atoms with van der Waals surface area (Å²) in [7, 11) is 0. The quantitative estimate of drug-likeness (QED) is 0.385. The third-order valence-corrected chi connectivity index (χ3v) is 1.90. The second-order valence-electron chi connectivity index (χ2n) is 3.49. The zero-order valence-corrected chi connectivity index (χ0v) is 10.7. The van der Waals surface area contributed by atoms with Crippen LogP contribution in [-0.2, 0) is 11.5 Å². The highest BCUT2D eigenvalue weighted by molar-refractivity contribution is 7.73. The van der Waals surface area contributed by atoms with Crippen LogP contribution in [0.15, 0.2) is 0 Å². The Labute approximate surface area is 123 Å². The van der Waals surface area contributed by atoms with E-state index in [2.05, 4.69) is 0 Å². The van der Waals surface area contributed by atoms with Gasteiger partial charge < -0.3 is 4.55 Å². The van der Waals surface area contributed by atoms with Gasteiger partial charge in [-0.15, -0.1) is 3.89 Å².